The van der Waals surface area contributed by atoms with Gasteiger partial charge in [0.05, 0.1) is 6.04 Å². The summed E-state index contributed by atoms with van der Waals surface area (Å²) in [6.45, 7) is 15.8. The number of pyridine rings is 1. The second kappa shape index (κ2) is 9.23. The normalized spacial score (nSPS) is 18.1. The van der Waals surface area contributed by atoms with E-state index in [1.165, 1.54) is 0 Å². The van der Waals surface area contributed by atoms with E-state index in [1.807, 2.05) is 67.5 Å². The lowest BCUT2D eigenvalue weighted by molar-refractivity contribution is 0.0224. The van der Waals surface area contributed by atoms with Crippen LogP contribution in [0.15, 0.2) is 18.3 Å². The van der Waals surface area contributed by atoms with Crippen LogP contribution in [0.5, 0.6) is 0 Å². The second-order valence-electron chi connectivity index (χ2n) is 9.89. The molecular weight excluding hydrogens is 382 g/mol. The van der Waals surface area contributed by atoms with Crippen LogP contribution in [-0.2, 0) is 9.47 Å². The molecule has 2 heterocycles. The molecule has 30 heavy (non-hydrogen) atoms. The molecule has 1 aliphatic rings. The summed E-state index contributed by atoms with van der Waals surface area (Å²) in [6, 6.07) is 3.65. The molecule has 168 valence electrons. The van der Waals surface area contributed by atoms with Gasteiger partial charge in [-0.05, 0) is 79.4 Å². The molecule has 7 heteroatoms. The fraction of sp³-hybridized carbons (Fsp3) is 0.696. The number of anilines is 1. The van der Waals surface area contributed by atoms with Gasteiger partial charge in [-0.3, -0.25) is 4.90 Å². The van der Waals surface area contributed by atoms with E-state index in [2.05, 4.69) is 4.98 Å². The van der Waals surface area contributed by atoms with Crippen molar-refractivity contribution in [3.8, 4) is 0 Å². The summed E-state index contributed by atoms with van der Waals surface area (Å²) in [5, 5.41) is 0. The predicted octanol–water partition coefficient (Wildman–Crippen LogP) is 5.69. The molecule has 0 bridgehead atoms. The number of ether oxygens (including phenoxy) is 2. The number of likely N-dealkylation sites (tertiary alicyclic amines) is 1. The van der Waals surface area contributed by atoms with Gasteiger partial charge in [0.1, 0.15) is 17.0 Å². The van der Waals surface area contributed by atoms with Crippen molar-refractivity contribution >= 4 is 18.0 Å². The van der Waals surface area contributed by atoms with E-state index in [4.69, 9.17) is 9.47 Å². The summed E-state index contributed by atoms with van der Waals surface area (Å²) in [4.78, 5) is 33.3. The SMILES string of the molecule is CC[C@@H](C)N(C(=O)OC(C)(C)C)c1ccc([C@H]2CCCN2C(=O)OC(C)(C)C)cn1. The van der Waals surface area contributed by atoms with E-state index in [9.17, 15) is 9.59 Å². The highest BCUT2D eigenvalue weighted by Gasteiger charge is 2.34. The molecule has 0 aromatic carbocycles. The molecule has 0 N–H and O–H groups in total. The Morgan fingerprint density at radius 2 is 1.80 bits per heavy atom. The van der Waals surface area contributed by atoms with Crippen LogP contribution in [0.3, 0.4) is 0 Å². The number of amides is 2. The van der Waals surface area contributed by atoms with Crippen molar-refractivity contribution in [2.75, 3.05) is 11.4 Å². The molecule has 0 aliphatic carbocycles. The van der Waals surface area contributed by atoms with E-state index >= 15 is 0 Å². The van der Waals surface area contributed by atoms with E-state index in [1.54, 1.807) is 16.0 Å². The summed E-state index contributed by atoms with van der Waals surface area (Å²) in [5.41, 5.74) is -0.174. The molecular formula is C23H37N3O4. The third-order valence-corrected chi connectivity index (χ3v) is 4.90. The zero-order valence-electron chi connectivity index (χ0n) is 19.7. The highest BCUT2D eigenvalue weighted by Crippen LogP contribution is 2.33. The molecule has 7 nitrogen and oxygen atoms in total. The zero-order chi connectivity index (χ0) is 22.7. The van der Waals surface area contributed by atoms with Gasteiger partial charge in [-0.2, -0.15) is 0 Å². The molecule has 0 radical (unpaired) electrons. The summed E-state index contributed by atoms with van der Waals surface area (Å²) < 4.78 is 11.1. The lowest BCUT2D eigenvalue weighted by Crippen LogP contribution is -2.42. The number of aromatic nitrogens is 1. The molecule has 2 atom stereocenters. The Morgan fingerprint density at radius 1 is 1.17 bits per heavy atom. The number of hydrogen-bond donors (Lipinski definition) is 0. The highest BCUT2D eigenvalue weighted by atomic mass is 16.6. The first-order valence-electron chi connectivity index (χ1n) is 10.8. The zero-order valence-corrected chi connectivity index (χ0v) is 19.7. The molecule has 0 saturated carbocycles. The summed E-state index contributed by atoms with van der Waals surface area (Å²) >= 11 is 0. The Labute approximate surface area is 180 Å². The van der Waals surface area contributed by atoms with Crippen molar-refractivity contribution in [1.82, 2.24) is 9.88 Å². The number of hydrogen-bond acceptors (Lipinski definition) is 5. The minimum Gasteiger partial charge on any atom is -0.444 e. The fourth-order valence-electron chi connectivity index (χ4n) is 3.38. The monoisotopic (exact) mass is 419 g/mol. The number of nitrogens with zero attached hydrogens (tertiary/aromatic N) is 3. The first-order chi connectivity index (χ1) is 13.8. The lowest BCUT2D eigenvalue weighted by Gasteiger charge is -2.31. The van der Waals surface area contributed by atoms with Crippen LogP contribution in [-0.4, -0.2) is 45.9 Å². The summed E-state index contributed by atoms with van der Waals surface area (Å²) in [7, 11) is 0. The van der Waals surface area contributed by atoms with Crippen molar-refractivity contribution in [3.63, 3.8) is 0 Å². The van der Waals surface area contributed by atoms with Gasteiger partial charge in [-0.1, -0.05) is 13.0 Å². The molecule has 1 aliphatic heterocycles. The molecule has 1 saturated heterocycles. The lowest BCUT2D eigenvalue weighted by atomic mass is 10.1. The minimum atomic E-state index is -0.583. The van der Waals surface area contributed by atoms with E-state index in [0.29, 0.717) is 12.4 Å². The Bertz CT molecular complexity index is 734. The van der Waals surface area contributed by atoms with Crippen molar-refractivity contribution in [2.24, 2.45) is 0 Å². The smallest absolute Gasteiger partial charge is 0.416 e. The van der Waals surface area contributed by atoms with Crippen LogP contribution >= 0.6 is 0 Å². The van der Waals surface area contributed by atoms with E-state index < -0.39 is 17.3 Å². The van der Waals surface area contributed by atoms with Gasteiger partial charge < -0.3 is 14.4 Å². The molecule has 2 rings (SSSR count). The van der Waals surface area contributed by atoms with Crippen molar-refractivity contribution in [2.45, 2.75) is 97.9 Å². The molecule has 1 fully saturated rings. The minimum absolute atomic E-state index is 0.0528. The van der Waals surface area contributed by atoms with Gasteiger partial charge in [0, 0.05) is 18.8 Å². The quantitative estimate of drug-likeness (QED) is 0.626. The summed E-state index contributed by atoms with van der Waals surface area (Å²) in [5.74, 6) is 0.546. The van der Waals surface area contributed by atoms with Crippen molar-refractivity contribution in [3.05, 3.63) is 23.9 Å². The van der Waals surface area contributed by atoms with Crippen molar-refractivity contribution < 1.29 is 19.1 Å². The van der Waals surface area contributed by atoms with Gasteiger partial charge >= 0.3 is 12.2 Å². The van der Waals surface area contributed by atoms with E-state index in [-0.39, 0.29) is 18.2 Å². The third-order valence-electron chi connectivity index (χ3n) is 4.90. The van der Waals surface area contributed by atoms with Crippen LogP contribution in [0.25, 0.3) is 0 Å². The number of carbonyl (C=O) groups excluding carboxylic acids is 2. The van der Waals surface area contributed by atoms with Gasteiger partial charge in [-0.15, -0.1) is 0 Å². The van der Waals surface area contributed by atoms with Crippen molar-refractivity contribution in [1.29, 1.82) is 0 Å². The average Bonchev–Trinajstić information content (AvgIpc) is 3.09. The van der Waals surface area contributed by atoms with E-state index in [0.717, 1.165) is 24.8 Å². The molecule has 2 amide bonds. The Hall–Kier alpha value is -2.31. The molecule has 0 unspecified atom stereocenters. The number of carbonyl (C=O) groups is 2. The van der Waals surface area contributed by atoms with Gasteiger partial charge in [0.2, 0.25) is 0 Å². The molecule has 0 spiro atoms. The number of rotatable bonds is 4. The Balaban J connectivity index is 2.22. The molecule has 1 aromatic rings. The van der Waals surface area contributed by atoms with Crippen LogP contribution in [0.4, 0.5) is 15.4 Å². The first-order valence-corrected chi connectivity index (χ1v) is 10.8. The highest BCUT2D eigenvalue weighted by molar-refractivity contribution is 5.87. The average molecular weight is 420 g/mol. The summed E-state index contributed by atoms with van der Waals surface area (Å²) in [6.07, 6.45) is 3.60. The third kappa shape index (κ3) is 6.34. The van der Waals surface area contributed by atoms with Gasteiger partial charge in [0.15, 0.2) is 0 Å². The maximum absolute atomic E-state index is 12.8. The standard InChI is InChI=1S/C23H37N3O4/c1-9-16(2)26(21(28)30-23(6,7)8)19-13-12-17(15-24-19)18-11-10-14-25(18)20(27)29-22(3,4)5/h12-13,15-16,18H,9-11,14H2,1-8H3/t16-,18-/m1/s1. The Morgan fingerprint density at radius 3 is 2.30 bits per heavy atom. The fourth-order valence-corrected chi connectivity index (χ4v) is 3.38. The molecule has 1 aromatic heterocycles. The predicted molar refractivity (Wildman–Crippen MR) is 118 cm³/mol. The van der Waals surface area contributed by atoms with Gasteiger partial charge in [0.25, 0.3) is 0 Å². The van der Waals surface area contributed by atoms with Crippen LogP contribution < -0.4 is 4.90 Å². The first kappa shape index (κ1) is 24.0. The topological polar surface area (TPSA) is 72.0 Å². The largest absolute Gasteiger partial charge is 0.444 e. The van der Waals surface area contributed by atoms with Crippen LogP contribution in [0.2, 0.25) is 0 Å². The van der Waals surface area contributed by atoms with Crippen LogP contribution in [0, 0.1) is 0 Å². The van der Waals surface area contributed by atoms with Gasteiger partial charge in [-0.25, -0.2) is 14.6 Å². The maximum Gasteiger partial charge on any atom is 0.416 e. The second-order valence-corrected chi connectivity index (χ2v) is 9.89. The maximum atomic E-state index is 12.8. The van der Waals surface area contributed by atoms with Crippen LogP contribution in [0.1, 0.15) is 86.3 Å². The Kier molecular flexibility index (Phi) is 7.37.